The molecule has 2 N–H and O–H groups in total. The Morgan fingerprint density at radius 1 is 1.18 bits per heavy atom. The van der Waals surface area contributed by atoms with Crippen molar-refractivity contribution in [2.75, 3.05) is 24.6 Å². The second-order valence-electron chi connectivity index (χ2n) is 14.1. The Morgan fingerprint density at radius 3 is 2.75 bits per heavy atom. The molecule has 0 saturated heterocycles. The number of aliphatic hydroxyl groups excluding tert-OH is 1. The number of hydrogen-bond donors (Lipinski definition) is 2. The Labute approximate surface area is 267 Å². The van der Waals surface area contributed by atoms with E-state index < -0.39 is 27.3 Å². The monoisotopic (exact) mass is 640 g/mol. The zero-order chi connectivity index (χ0) is 31.2. The number of amides is 1. The van der Waals surface area contributed by atoms with Gasteiger partial charge in [-0.15, -0.1) is 0 Å². The van der Waals surface area contributed by atoms with E-state index in [1.54, 1.807) is 12.1 Å². The van der Waals surface area contributed by atoms with Crippen molar-refractivity contribution in [2.24, 2.45) is 23.7 Å². The molecule has 4 aliphatic rings. The van der Waals surface area contributed by atoms with E-state index in [4.69, 9.17) is 16.3 Å². The van der Waals surface area contributed by atoms with Crippen LogP contribution in [0.3, 0.4) is 0 Å². The smallest absolute Gasteiger partial charge is 0.264 e. The second-order valence-corrected chi connectivity index (χ2v) is 16.4. The minimum atomic E-state index is -3.97. The fourth-order valence-corrected chi connectivity index (χ4v) is 10.0. The van der Waals surface area contributed by atoms with Crippen LogP contribution in [0.2, 0.25) is 5.02 Å². The van der Waals surface area contributed by atoms with Crippen LogP contribution in [0, 0.1) is 23.7 Å². The van der Waals surface area contributed by atoms with Crippen molar-refractivity contribution in [1.29, 1.82) is 0 Å². The van der Waals surface area contributed by atoms with Crippen molar-refractivity contribution in [3.8, 4) is 5.75 Å². The lowest BCUT2D eigenvalue weighted by atomic mass is 9.68. The second kappa shape index (κ2) is 12.3. The first kappa shape index (κ1) is 31.4. The summed E-state index contributed by atoms with van der Waals surface area (Å²) in [6.45, 7) is 7.81. The fourth-order valence-electron chi connectivity index (χ4n) is 7.93. The topological polar surface area (TPSA) is 95.9 Å². The SMILES string of the molecule is CC(C)CC1[C@H](C)C/C=C/[C@H](O)[C@@H]2CC[C@H]2CN2C[C@@]3(CCCc4cc(Cl)ccc43)COc3ccc(cc32)C(=O)NS1(=O)=O. The summed E-state index contributed by atoms with van der Waals surface area (Å²) < 4.78 is 36.3. The molecule has 0 radical (unpaired) electrons. The molecule has 6 atom stereocenters. The van der Waals surface area contributed by atoms with Crippen LogP contribution >= 0.6 is 11.6 Å². The average molecular weight is 641 g/mol. The predicted molar refractivity (Wildman–Crippen MR) is 175 cm³/mol. The van der Waals surface area contributed by atoms with Gasteiger partial charge < -0.3 is 14.7 Å². The zero-order valence-electron chi connectivity index (χ0n) is 26.0. The van der Waals surface area contributed by atoms with Gasteiger partial charge in [-0.1, -0.05) is 50.6 Å². The molecule has 6 rings (SSSR count). The molecule has 1 saturated carbocycles. The van der Waals surface area contributed by atoms with E-state index >= 15 is 0 Å². The molecule has 7 nitrogen and oxygen atoms in total. The first-order valence-corrected chi connectivity index (χ1v) is 18.1. The van der Waals surface area contributed by atoms with Gasteiger partial charge in [-0.2, -0.15) is 0 Å². The number of nitrogens with zero attached hydrogens (tertiary/aromatic N) is 1. The predicted octanol–water partition coefficient (Wildman–Crippen LogP) is 6.27. The van der Waals surface area contributed by atoms with E-state index in [1.165, 1.54) is 11.1 Å². The number of carbonyl (C=O) groups excluding carboxylic acids is 1. The van der Waals surface area contributed by atoms with Crippen molar-refractivity contribution in [2.45, 2.75) is 82.5 Å². The molecule has 2 aliphatic heterocycles. The third kappa shape index (κ3) is 6.14. The van der Waals surface area contributed by atoms with Gasteiger partial charge in [-0.3, -0.25) is 4.79 Å². The number of benzene rings is 2. The van der Waals surface area contributed by atoms with Crippen molar-refractivity contribution in [3.05, 3.63) is 70.3 Å². The molecular formula is C35H45ClN2O5S. The molecule has 9 heteroatoms. The molecule has 44 heavy (non-hydrogen) atoms. The molecule has 2 aromatic carbocycles. The molecule has 2 heterocycles. The van der Waals surface area contributed by atoms with Crippen LogP contribution in [-0.2, 0) is 21.9 Å². The number of nitrogens with one attached hydrogen (secondary N) is 1. The Balaban J connectivity index is 1.42. The summed E-state index contributed by atoms with van der Waals surface area (Å²) in [4.78, 5) is 15.9. The summed E-state index contributed by atoms with van der Waals surface area (Å²) in [7, 11) is -3.97. The summed E-state index contributed by atoms with van der Waals surface area (Å²) in [5, 5.41) is 11.2. The van der Waals surface area contributed by atoms with E-state index in [0.29, 0.717) is 43.9 Å². The van der Waals surface area contributed by atoms with E-state index in [-0.39, 0.29) is 29.1 Å². The maximum atomic E-state index is 13.7. The summed E-state index contributed by atoms with van der Waals surface area (Å²) in [5.74, 6) is 0.379. The number of hydrogen-bond acceptors (Lipinski definition) is 6. The van der Waals surface area contributed by atoms with Crippen molar-refractivity contribution in [3.63, 3.8) is 0 Å². The molecule has 238 valence electrons. The lowest BCUT2D eigenvalue weighted by Gasteiger charge is -2.45. The summed E-state index contributed by atoms with van der Waals surface area (Å²) in [6.07, 6.45) is 9.08. The number of halogens is 1. The van der Waals surface area contributed by atoms with E-state index in [1.807, 2.05) is 45.1 Å². The average Bonchev–Trinajstić information content (AvgIpc) is 3.10. The number of carbonyl (C=O) groups is 1. The molecule has 0 aromatic heterocycles. The molecule has 1 spiro atoms. The highest BCUT2D eigenvalue weighted by Crippen LogP contribution is 2.46. The Morgan fingerprint density at radius 2 is 2.00 bits per heavy atom. The summed E-state index contributed by atoms with van der Waals surface area (Å²) in [5.41, 5.74) is 3.34. The highest BCUT2D eigenvalue weighted by molar-refractivity contribution is 7.90. The van der Waals surface area contributed by atoms with Gasteiger partial charge in [0.05, 0.1) is 23.6 Å². The molecule has 1 fully saturated rings. The number of fused-ring (bicyclic) bond motifs is 4. The van der Waals surface area contributed by atoms with Crippen LogP contribution in [0.1, 0.15) is 80.8 Å². The van der Waals surface area contributed by atoms with Gasteiger partial charge in [0, 0.05) is 29.1 Å². The number of rotatable bonds is 2. The Hall–Kier alpha value is -2.55. The van der Waals surface area contributed by atoms with Crippen molar-refractivity contribution >= 4 is 33.2 Å². The van der Waals surface area contributed by atoms with Crippen LogP contribution < -0.4 is 14.4 Å². The molecule has 2 aliphatic carbocycles. The molecular weight excluding hydrogens is 596 g/mol. The van der Waals surface area contributed by atoms with E-state index in [0.717, 1.165) is 42.8 Å². The third-order valence-electron chi connectivity index (χ3n) is 10.5. The minimum Gasteiger partial charge on any atom is -0.490 e. The van der Waals surface area contributed by atoms with Gasteiger partial charge in [0.1, 0.15) is 5.75 Å². The standard InChI is InChI=1S/C35H45ClN2O5S/c1-22(2)16-33-23(3)6-4-8-31(39)28-12-9-26(28)19-38-20-35(15-5-7-24-17-27(36)11-13-29(24)35)21-43-32-14-10-25(18-30(32)38)34(40)37-44(33,41)42/h4,8,10-11,13-14,17-18,22-23,26,28,31,33,39H,5-7,9,12,15-16,19-21H2,1-3H3,(H,37,40)/b8-4+/t23-,26+,28-,31+,33?,35+/m1/s1. The number of ether oxygens (including phenoxy) is 1. The van der Waals surface area contributed by atoms with Crippen LogP contribution in [0.15, 0.2) is 48.6 Å². The van der Waals surface area contributed by atoms with Gasteiger partial charge in [0.25, 0.3) is 5.91 Å². The molecule has 1 amide bonds. The maximum absolute atomic E-state index is 13.7. The zero-order valence-corrected chi connectivity index (χ0v) is 27.5. The first-order chi connectivity index (χ1) is 21.0. The largest absolute Gasteiger partial charge is 0.490 e. The fraction of sp³-hybridized carbons (Fsp3) is 0.571. The highest BCUT2D eigenvalue weighted by atomic mass is 35.5. The van der Waals surface area contributed by atoms with Gasteiger partial charge in [0.15, 0.2) is 0 Å². The first-order valence-electron chi connectivity index (χ1n) is 16.2. The maximum Gasteiger partial charge on any atom is 0.264 e. The molecule has 2 bridgehead atoms. The van der Waals surface area contributed by atoms with Crippen molar-refractivity contribution in [1.82, 2.24) is 4.72 Å². The normalized spacial score (nSPS) is 32.5. The third-order valence-corrected chi connectivity index (χ3v) is 12.6. The van der Waals surface area contributed by atoms with Gasteiger partial charge in [-0.05, 0) is 110 Å². The molecule has 1 unspecified atom stereocenters. The van der Waals surface area contributed by atoms with Gasteiger partial charge >= 0.3 is 0 Å². The number of aryl methyl sites for hydroxylation is 1. The van der Waals surface area contributed by atoms with Crippen LogP contribution in [0.4, 0.5) is 5.69 Å². The lowest BCUT2D eigenvalue weighted by molar-refractivity contribution is 0.0455. The van der Waals surface area contributed by atoms with Crippen LogP contribution in [0.25, 0.3) is 0 Å². The van der Waals surface area contributed by atoms with Crippen LogP contribution in [0.5, 0.6) is 5.75 Å². The summed E-state index contributed by atoms with van der Waals surface area (Å²) in [6, 6.07) is 11.4. The quantitative estimate of drug-likeness (QED) is 0.376. The van der Waals surface area contributed by atoms with Crippen LogP contribution in [-0.4, -0.2) is 50.5 Å². The Kier molecular flexibility index (Phi) is 8.81. The van der Waals surface area contributed by atoms with E-state index in [9.17, 15) is 18.3 Å². The highest BCUT2D eigenvalue weighted by Gasteiger charge is 2.44. The minimum absolute atomic E-state index is 0.122. The van der Waals surface area contributed by atoms with Crippen molar-refractivity contribution < 1.29 is 23.1 Å². The number of anilines is 1. The summed E-state index contributed by atoms with van der Waals surface area (Å²) >= 11 is 6.40. The number of allylic oxidation sites excluding steroid dienone is 1. The number of sulfonamides is 1. The Bertz CT molecular complexity index is 1540. The molecule has 2 aromatic rings. The van der Waals surface area contributed by atoms with E-state index in [2.05, 4.69) is 21.8 Å². The van der Waals surface area contributed by atoms with Gasteiger partial charge in [-0.25, -0.2) is 13.1 Å². The lowest BCUT2D eigenvalue weighted by Crippen LogP contribution is -2.49. The number of aliphatic hydroxyl groups is 1. The van der Waals surface area contributed by atoms with Gasteiger partial charge in [0.2, 0.25) is 10.0 Å².